The van der Waals surface area contributed by atoms with Crippen LogP contribution in [0.3, 0.4) is 0 Å². The lowest BCUT2D eigenvalue weighted by atomic mass is 10.1. The van der Waals surface area contributed by atoms with E-state index in [0.29, 0.717) is 21.9 Å². The summed E-state index contributed by atoms with van der Waals surface area (Å²) in [6, 6.07) is 13.1. The average molecular weight is 304 g/mol. The number of rotatable bonds is 5. The number of amides is 1. The molecule has 2 rings (SSSR count). The molecule has 0 fully saturated rings. The molecule has 2 N–H and O–H groups in total. The van der Waals surface area contributed by atoms with Crippen LogP contribution in [0.25, 0.3) is 0 Å². The molecule has 0 heterocycles. The maximum absolute atomic E-state index is 12.2. The molecule has 0 aromatic heterocycles. The number of carbonyl (C=O) groups excluding carboxylic acids is 2. The fraction of sp³-hybridized carbons (Fsp3) is 0.125. The van der Waals surface area contributed by atoms with Crippen molar-refractivity contribution in [1.82, 2.24) is 0 Å². The first-order valence-electron chi connectivity index (χ1n) is 6.33. The van der Waals surface area contributed by atoms with Gasteiger partial charge in [0.15, 0.2) is 6.10 Å². The fourth-order valence-electron chi connectivity index (χ4n) is 1.86. The van der Waals surface area contributed by atoms with Crippen molar-refractivity contribution in [3.63, 3.8) is 0 Å². The third-order valence-electron chi connectivity index (χ3n) is 2.91. The molecule has 0 aliphatic carbocycles. The normalized spacial score (nSPS) is 11.7. The molecule has 4 nitrogen and oxygen atoms in total. The number of nitrogens with two attached hydrogens (primary N) is 1. The van der Waals surface area contributed by atoms with Crippen molar-refractivity contribution in [3.05, 3.63) is 64.7 Å². The van der Waals surface area contributed by atoms with E-state index in [4.69, 9.17) is 22.1 Å². The number of benzene rings is 2. The number of halogens is 1. The average Bonchev–Trinajstić information content (AvgIpc) is 2.46. The quantitative estimate of drug-likeness (QED) is 0.863. The van der Waals surface area contributed by atoms with Crippen LogP contribution in [-0.4, -0.2) is 17.8 Å². The van der Waals surface area contributed by atoms with E-state index in [2.05, 4.69) is 0 Å². The predicted octanol–water partition coefficient (Wildman–Crippen LogP) is 3.09. The summed E-state index contributed by atoms with van der Waals surface area (Å²) in [4.78, 5) is 23.4. The summed E-state index contributed by atoms with van der Waals surface area (Å²) >= 11 is 5.87. The Kier molecular flexibility index (Phi) is 4.60. The largest absolute Gasteiger partial charge is 0.483 e. The Morgan fingerprint density at radius 2 is 1.76 bits per heavy atom. The molecule has 1 atom stereocenters. The second-order valence-electron chi connectivity index (χ2n) is 4.53. The maximum Gasteiger partial charge on any atom is 0.248 e. The van der Waals surface area contributed by atoms with Crippen LogP contribution in [0.1, 0.15) is 27.6 Å². The summed E-state index contributed by atoms with van der Waals surface area (Å²) in [5.74, 6) is -0.328. The Morgan fingerprint density at radius 1 is 1.10 bits per heavy atom. The van der Waals surface area contributed by atoms with E-state index < -0.39 is 12.0 Å². The van der Waals surface area contributed by atoms with Gasteiger partial charge in [-0.3, -0.25) is 9.59 Å². The molecule has 0 saturated carbocycles. The molecule has 1 unspecified atom stereocenters. The van der Waals surface area contributed by atoms with Crippen LogP contribution in [-0.2, 0) is 0 Å². The first-order valence-corrected chi connectivity index (χ1v) is 6.71. The van der Waals surface area contributed by atoms with E-state index in [9.17, 15) is 9.59 Å². The van der Waals surface area contributed by atoms with Gasteiger partial charge in [-0.1, -0.05) is 29.8 Å². The van der Waals surface area contributed by atoms with E-state index >= 15 is 0 Å². The van der Waals surface area contributed by atoms with Crippen molar-refractivity contribution < 1.29 is 14.3 Å². The van der Waals surface area contributed by atoms with Gasteiger partial charge in [0.25, 0.3) is 0 Å². The molecule has 0 saturated heterocycles. The zero-order valence-corrected chi connectivity index (χ0v) is 12.1. The number of hydrogen-bond acceptors (Lipinski definition) is 3. The molecular formula is C16H14ClNO3. The lowest BCUT2D eigenvalue weighted by Crippen LogP contribution is -2.24. The minimum atomic E-state index is -0.702. The summed E-state index contributed by atoms with van der Waals surface area (Å²) in [6.07, 6.45) is -0.702. The maximum atomic E-state index is 12.2. The van der Waals surface area contributed by atoms with E-state index in [0.717, 1.165) is 0 Å². The molecule has 108 valence electrons. The summed E-state index contributed by atoms with van der Waals surface area (Å²) in [6.45, 7) is 1.64. The highest BCUT2D eigenvalue weighted by Crippen LogP contribution is 2.18. The molecule has 0 aliphatic rings. The monoisotopic (exact) mass is 303 g/mol. The van der Waals surface area contributed by atoms with Gasteiger partial charge in [0.2, 0.25) is 11.7 Å². The van der Waals surface area contributed by atoms with Crippen molar-refractivity contribution in [2.75, 3.05) is 0 Å². The van der Waals surface area contributed by atoms with Gasteiger partial charge in [-0.2, -0.15) is 0 Å². The minimum absolute atomic E-state index is 0.193. The molecule has 0 spiro atoms. The highest BCUT2D eigenvalue weighted by molar-refractivity contribution is 6.31. The van der Waals surface area contributed by atoms with Gasteiger partial charge in [-0.15, -0.1) is 0 Å². The highest BCUT2D eigenvalue weighted by atomic mass is 35.5. The standard InChI is InChI=1S/C16H14ClNO3/c1-10(15(19)11-4-2-6-13(17)8-11)21-14-7-3-5-12(9-14)16(18)20/h2-10H,1H3,(H2,18,20). The zero-order valence-electron chi connectivity index (χ0n) is 11.4. The predicted molar refractivity (Wildman–Crippen MR) is 80.8 cm³/mol. The number of ether oxygens (including phenoxy) is 1. The van der Waals surface area contributed by atoms with Crippen LogP contribution in [0.5, 0.6) is 5.75 Å². The van der Waals surface area contributed by atoms with Crippen LogP contribution in [0.2, 0.25) is 5.02 Å². The lowest BCUT2D eigenvalue weighted by molar-refractivity contribution is 0.0818. The van der Waals surface area contributed by atoms with Crippen molar-refractivity contribution in [3.8, 4) is 5.75 Å². The van der Waals surface area contributed by atoms with Crippen molar-refractivity contribution in [1.29, 1.82) is 0 Å². The van der Waals surface area contributed by atoms with Crippen molar-refractivity contribution in [2.24, 2.45) is 5.73 Å². The van der Waals surface area contributed by atoms with Gasteiger partial charge in [-0.05, 0) is 37.3 Å². The van der Waals surface area contributed by atoms with E-state index in [1.165, 1.54) is 6.07 Å². The SMILES string of the molecule is CC(Oc1cccc(C(N)=O)c1)C(=O)c1cccc(Cl)c1. The number of carbonyl (C=O) groups is 2. The number of Topliss-reactive ketones (excluding diaryl/α,β-unsaturated/α-hetero) is 1. The second-order valence-corrected chi connectivity index (χ2v) is 4.96. The molecule has 5 heteroatoms. The fourth-order valence-corrected chi connectivity index (χ4v) is 2.05. The van der Waals surface area contributed by atoms with Gasteiger partial charge in [0.05, 0.1) is 0 Å². The second kappa shape index (κ2) is 6.41. The minimum Gasteiger partial charge on any atom is -0.483 e. The van der Waals surface area contributed by atoms with Crippen LogP contribution >= 0.6 is 11.6 Å². The van der Waals surface area contributed by atoms with Gasteiger partial charge in [0, 0.05) is 16.1 Å². The topological polar surface area (TPSA) is 69.4 Å². The molecule has 1 amide bonds. The van der Waals surface area contributed by atoms with Crippen molar-refractivity contribution in [2.45, 2.75) is 13.0 Å². The number of primary amides is 1. The first kappa shape index (κ1) is 15.1. The molecular weight excluding hydrogens is 290 g/mol. The third-order valence-corrected chi connectivity index (χ3v) is 3.14. The van der Waals surface area contributed by atoms with Gasteiger partial charge in [-0.25, -0.2) is 0 Å². The van der Waals surface area contributed by atoms with E-state index in [1.807, 2.05) is 0 Å². The van der Waals surface area contributed by atoms with Crippen molar-refractivity contribution >= 4 is 23.3 Å². The lowest BCUT2D eigenvalue weighted by Gasteiger charge is -2.14. The molecule has 0 aliphatic heterocycles. The molecule has 0 bridgehead atoms. The Hall–Kier alpha value is -2.33. The molecule has 0 radical (unpaired) electrons. The summed E-state index contributed by atoms with van der Waals surface area (Å²) in [5, 5.41) is 0.490. The van der Waals surface area contributed by atoms with E-state index in [-0.39, 0.29) is 5.78 Å². The van der Waals surface area contributed by atoms with Gasteiger partial charge < -0.3 is 10.5 Å². The van der Waals surface area contributed by atoms with E-state index in [1.54, 1.807) is 49.4 Å². The van der Waals surface area contributed by atoms with Gasteiger partial charge >= 0.3 is 0 Å². The molecule has 21 heavy (non-hydrogen) atoms. The summed E-state index contributed by atoms with van der Waals surface area (Å²) in [7, 11) is 0. The van der Waals surface area contributed by atoms with Gasteiger partial charge in [0.1, 0.15) is 5.75 Å². The Morgan fingerprint density at radius 3 is 2.43 bits per heavy atom. The Labute approximate surface area is 127 Å². The summed E-state index contributed by atoms with van der Waals surface area (Å²) in [5.41, 5.74) is 6.01. The number of hydrogen-bond donors (Lipinski definition) is 1. The Bertz CT molecular complexity index is 685. The smallest absolute Gasteiger partial charge is 0.248 e. The number of ketones is 1. The third kappa shape index (κ3) is 3.83. The van der Waals surface area contributed by atoms with Crippen LogP contribution in [0.15, 0.2) is 48.5 Å². The summed E-state index contributed by atoms with van der Waals surface area (Å²) < 4.78 is 5.56. The van der Waals surface area contributed by atoms with Crippen LogP contribution in [0.4, 0.5) is 0 Å². The molecule has 2 aromatic carbocycles. The van der Waals surface area contributed by atoms with Crippen LogP contribution in [0, 0.1) is 0 Å². The molecule has 2 aromatic rings. The zero-order chi connectivity index (χ0) is 15.4. The van der Waals surface area contributed by atoms with Crippen LogP contribution < -0.4 is 10.5 Å². The first-order chi connectivity index (χ1) is 9.97. The Balaban J connectivity index is 2.14. The highest BCUT2D eigenvalue weighted by Gasteiger charge is 2.17.